The van der Waals surface area contributed by atoms with Crippen LogP contribution in [-0.4, -0.2) is 61.1 Å². The third kappa shape index (κ3) is 3.11. The Labute approximate surface area is 153 Å². The van der Waals surface area contributed by atoms with E-state index in [2.05, 4.69) is 17.1 Å². The molecular weight excluding hydrogens is 334 g/mol. The number of rotatable bonds is 5. The zero-order chi connectivity index (χ0) is 18.1. The zero-order valence-electron chi connectivity index (χ0n) is 15.1. The number of piperazine rings is 1. The summed E-state index contributed by atoms with van der Waals surface area (Å²) in [6.45, 7) is 6.94. The van der Waals surface area contributed by atoms with E-state index in [1.165, 1.54) is 0 Å². The number of amides is 2. The van der Waals surface area contributed by atoms with Crippen molar-refractivity contribution in [3.63, 3.8) is 0 Å². The molecule has 2 aliphatic heterocycles. The fourth-order valence-corrected chi connectivity index (χ4v) is 3.64. The number of likely N-dealkylation sites (N-methyl/N-ethyl adjacent to an activating group) is 1. The second kappa shape index (κ2) is 6.79. The van der Waals surface area contributed by atoms with Crippen molar-refractivity contribution in [2.24, 2.45) is 5.41 Å². The van der Waals surface area contributed by atoms with Gasteiger partial charge in [-0.15, -0.1) is 0 Å². The van der Waals surface area contributed by atoms with Crippen molar-refractivity contribution in [1.82, 2.24) is 15.1 Å². The average Bonchev–Trinajstić information content (AvgIpc) is 3.37. The summed E-state index contributed by atoms with van der Waals surface area (Å²) in [5.41, 5.74) is 0.0903. The lowest BCUT2D eigenvalue weighted by Crippen LogP contribution is -2.53. The van der Waals surface area contributed by atoms with E-state index in [1.54, 1.807) is 0 Å². The van der Waals surface area contributed by atoms with E-state index in [0.717, 1.165) is 30.9 Å². The van der Waals surface area contributed by atoms with Gasteiger partial charge in [0, 0.05) is 32.7 Å². The molecule has 2 heterocycles. The van der Waals surface area contributed by atoms with Crippen molar-refractivity contribution in [2.75, 3.05) is 39.5 Å². The molecule has 140 valence electrons. The third-order valence-corrected chi connectivity index (χ3v) is 5.59. The zero-order valence-corrected chi connectivity index (χ0v) is 15.1. The first-order valence-electron chi connectivity index (χ1n) is 9.31. The highest BCUT2D eigenvalue weighted by molar-refractivity contribution is 6.07. The quantitative estimate of drug-likeness (QED) is 0.794. The maximum absolute atomic E-state index is 12.9. The number of benzene rings is 1. The standard InChI is InChI=1S/C19H25N3O4/c1-2-21-7-9-22(10-8-21)18(24)19(5-6-19)17(23)20-12-14-3-4-15-16(11-14)26-13-25-15/h3-4,11H,2,5-10,12-13H2,1H3,(H,20,23). The van der Waals surface area contributed by atoms with Crippen molar-refractivity contribution >= 4 is 11.8 Å². The van der Waals surface area contributed by atoms with E-state index < -0.39 is 5.41 Å². The second-order valence-corrected chi connectivity index (χ2v) is 7.18. The van der Waals surface area contributed by atoms with Crippen molar-refractivity contribution < 1.29 is 19.1 Å². The molecule has 7 nitrogen and oxygen atoms in total. The van der Waals surface area contributed by atoms with Gasteiger partial charge in [-0.05, 0) is 37.1 Å². The number of ether oxygens (including phenoxy) is 2. The second-order valence-electron chi connectivity index (χ2n) is 7.18. The normalized spacial score (nSPS) is 20.7. The molecule has 0 atom stereocenters. The summed E-state index contributed by atoms with van der Waals surface area (Å²) < 4.78 is 10.7. The predicted octanol–water partition coefficient (Wildman–Crippen LogP) is 0.976. The molecule has 0 aromatic heterocycles. The summed E-state index contributed by atoms with van der Waals surface area (Å²) in [4.78, 5) is 29.8. The monoisotopic (exact) mass is 359 g/mol. The van der Waals surface area contributed by atoms with Crippen LogP contribution in [0, 0.1) is 5.41 Å². The highest BCUT2D eigenvalue weighted by atomic mass is 16.7. The fourth-order valence-electron chi connectivity index (χ4n) is 3.64. The van der Waals surface area contributed by atoms with Gasteiger partial charge in [0.1, 0.15) is 5.41 Å². The van der Waals surface area contributed by atoms with Crippen LogP contribution in [0.5, 0.6) is 11.5 Å². The Bertz CT molecular complexity index is 709. The van der Waals surface area contributed by atoms with Crippen LogP contribution >= 0.6 is 0 Å². The Balaban J connectivity index is 1.34. The van der Waals surface area contributed by atoms with Gasteiger partial charge in [-0.25, -0.2) is 0 Å². The third-order valence-electron chi connectivity index (χ3n) is 5.59. The van der Waals surface area contributed by atoms with Gasteiger partial charge < -0.3 is 24.6 Å². The van der Waals surface area contributed by atoms with Gasteiger partial charge >= 0.3 is 0 Å². The summed E-state index contributed by atoms with van der Waals surface area (Å²) in [6, 6.07) is 5.61. The van der Waals surface area contributed by atoms with Crippen molar-refractivity contribution in [3.8, 4) is 11.5 Å². The molecule has 0 bridgehead atoms. The summed E-state index contributed by atoms with van der Waals surface area (Å²) in [6.07, 6.45) is 1.29. The molecule has 0 radical (unpaired) electrons. The molecule has 7 heteroatoms. The Morgan fingerprint density at radius 2 is 1.85 bits per heavy atom. The van der Waals surface area contributed by atoms with Gasteiger partial charge in [-0.1, -0.05) is 13.0 Å². The minimum Gasteiger partial charge on any atom is -0.454 e. The van der Waals surface area contributed by atoms with E-state index in [4.69, 9.17) is 9.47 Å². The summed E-state index contributed by atoms with van der Waals surface area (Å²) in [5.74, 6) is 1.26. The van der Waals surface area contributed by atoms with Crippen molar-refractivity contribution in [3.05, 3.63) is 23.8 Å². The Morgan fingerprint density at radius 1 is 1.12 bits per heavy atom. The molecule has 1 aromatic carbocycles. The Morgan fingerprint density at radius 3 is 2.54 bits per heavy atom. The van der Waals surface area contributed by atoms with Crippen LogP contribution in [0.25, 0.3) is 0 Å². The van der Waals surface area contributed by atoms with E-state index >= 15 is 0 Å². The maximum Gasteiger partial charge on any atom is 0.238 e. The van der Waals surface area contributed by atoms with Gasteiger partial charge in [0.15, 0.2) is 11.5 Å². The molecule has 1 aromatic rings. The van der Waals surface area contributed by atoms with Crippen molar-refractivity contribution in [2.45, 2.75) is 26.3 Å². The number of fused-ring (bicyclic) bond motifs is 1. The first-order chi connectivity index (χ1) is 12.6. The van der Waals surface area contributed by atoms with Gasteiger partial charge in [0.25, 0.3) is 0 Å². The number of nitrogens with zero attached hydrogens (tertiary/aromatic N) is 2. The van der Waals surface area contributed by atoms with Gasteiger partial charge in [0.2, 0.25) is 18.6 Å². The first-order valence-corrected chi connectivity index (χ1v) is 9.31. The van der Waals surface area contributed by atoms with Crippen LogP contribution in [0.1, 0.15) is 25.3 Å². The van der Waals surface area contributed by atoms with E-state index in [9.17, 15) is 9.59 Å². The largest absolute Gasteiger partial charge is 0.454 e. The number of carbonyl (C=O) groups is 2. The first kappa shape index (κ1) is 17.1. The Hall–Kier alpha value is -2.28. The topological polar surface area (TPSA) is 71.1 Å². The highest BCUT2D eigenvalue weighted by Gasteiger charge is 2.58. The van der Waals surface area contributed by atoms with E-state index in [1.807, 2.05) is 23.1 Å². The van der Waals surface area contributed by atoms with E-state index in [-0.39, 0.29) is 18.6 Å². The van der Waals surface area contributed by atoms with Crippen LogP contribution in [0.4, 0.5) is 0 Å². The molecule has 26 heavy (non-hydrogen) atoms. The minimum atomic E-state index is -0.843. The van der Waals surface area contributed by atoms with Gasteiger partial charge in [-0.3, -0.25) is 9.59 Å². The highest BCUT2D eigenvalue weighted by Crippen LogP contribution is 2.47. The predicted molar refractivity (Wildman–Crippen MR) is 94.8 cm³/mol. The smallest absolute Gasteiger partial charge is 0.238 e. The van der Waals surface area contributed by atoms with Crippen LogP contribution in [0.2, 0.25) is 0 Å². The molecule has 1 saturated carbocycles. The lowest BCUT2D eigenvalue weighted by Gasteiger charge is -2.35. The number of nitrogens with one attached hydrogen (secondary N) is 1. The average molecular weight is 359 g/mol. The maximum atomic E-state index is 12.9. The lowest BCUT2D eigenvalue weighted by molar-refractivity contribution is -0.145. The number of hydrogen-bond donors (Lipinski definition) is 1. The summed E-state index contributed by atoms with van der Waals surface area (Å²) in [5, 5.41) is 2.94. The van der Waals surface area contributed by atoms with Gasteiger partial charge in [-0.2, -0.15) is 0 Å². The number of hydrogen-bond acceptors (Lipinski definition) is 5. The molecule has 3 aliphatic rings. The Kier molecular flexibility index (Phi) is 4.48. The van der Waals surface area contributed by atoms with Crippen LogP contribution in [0.15, 0.2) is 18.2 Å². The van der Waals surface area contributed by atoms with Crippen LogP contribution < -0.4 is 14.8 Å². The molecule has 4 rings (SSSR count). The number of carbonyl (C=O) groups excluding carboxylic acids is 2. The van der Waals surface area contributed by atoms with Crippen molar-refractivity contribution in [1.29, 1.82) is 0 Å². The molecular formula is C19H25N3O4. The SMILES string of the molecule is CCN1CCN(C(=O)C2(C(=O)NCc3ccc4c(c3)OCO4)CC2)CC1. The minimum absolute atomic E-state index is 0.00330. The molecule has 2 fully saturated rings. The molecule has 1 aliphatic carbocycles. The fraction of sp³-hybridized carbons (Fsp3) is 0.579. The molecule has 1 saturated heterocycles. The lowest BCUT2D eigenvalue weighted by atomic mass is 10.0. The molecule has 1 N–H and O–H groups in total. The van der Waals surface area contributed by atoms with E-state index in [0.29, 0.717) is 38.2 Å². The molecule has 0 spiro atoms. The van der Waals surface area contributed by atoms with Gasteiger partial charge in [0.05, 0.1) is 0 Å². The van der Waals surface area contributed by atoms with Crippen LogP contribution in [-0.2, 0) is 16.1 Å². The summed E-state index contributed by atoms with van der Waals surface area (Å²) in [7, 11) is 0. The molecule has 0 unspecified atom stereocenters. The van der Waals surface area contributed by atoms with Crippen LogP contribution in [0.3, 0.4) is 0 Å². The molecule has 2 amide bonds. The summed E-state index contributed by atoms with van der Waals surface area (Å²) >= 11 is 0.